The molecule has 0 radical (unpaired) electrons. The standard InChI is InChI=1S/C7H4NS.Ag/c1-2-4-7-6(3-1)8-5-9-7;/h1-4H;/q-1;+1. The Labute approximate surface area is 78.6 Å². The molecule has 0 atom stereocenters. The number of fused-ring (bicyclic) bond motifs is 1. The molecule has 1 nitrogen and oxygen atoms in total. The molecule has 2 rings (SSSR count). The van der Waals surface area contributed by atoms with Gasteiger partial charge in [-0.2, -0.15) is 0 Å². The molecular formula is C7H4AgNS. The van der Waals surface area contributed by atoms with Crippen molar-refractivity contribution < 1.29 is 22.4 Å². The minimum absolute atomic E-state index is 0. The van der Waals surface area contributed by atoms with Crippen molar-refractivity contribution in [2.24, 2.45) is 0 Å². The molecule has 0 spiro atoms. The molecule has 0 saturated heterocycles. The first kappa shape index (κ1) is 7.95. The van der Waals surface area contributed by atoms with Crippen LogP contribution >= 0.6 is 11.3 Å². The van der Waals surface area contributed by atoms with E-state index in [1.807, 2.05) is 24.3 Å². The summed E-state index contributed by atoms with van der Waals surface area (Å²) in [6.45, 7) is 0. The maximum absolute atomic E-state index is 4.01. The number of rotatable bonds is 0. The second kappa shape index (κ2) is 3.30. The SMILES string of the molecule is [Ag+].[c-]1nc2ccccc2s1. The average molecular weight is 242 g/mol. The third kappa shape index (κ3) is 1.30. The molecule has 1 heterocycles. The van der Waals surface area contributed by atoms with Gasteiger partial charge in [-0.05, 0) is 5.51 Å². The van der Waals surface area contributed by atoms with Crippen molar-refractivity contribution in [2.45, 2.75) is 0 Å². The quantitative estimate of drug-likeness (QED) is 0.509. The summed E-state index contributed by atoms with van der Waals surface area (Å²) in [7, 11) is 0. The number of hydrogen-bond acceptors (Lipinski definition) is 2. The number of para-hydroxylation sites is 1. The Balaban J connectivity index is 0.000000500. The molecule has 0 amide bonds. The van der Waals surface area contributed by atoms with E-state index in [1.165, 1.54) is 4.70 Å². The number of benzene rings is 1. The molecule has 1 aromatic heterocycles. The minimum atomic E-state index is 0. The number of nitrogens with zero attached hydrogens (tertiary/aromatic N) is 1. The fourth-order valence-corrected chi connectivity index (χ4v) is 1.36. The molecule has 2 aromatic rings. The Morgan fingerprint density at radius 2 is 2.10 bits per heavy atom. The van der Waals surface area contributed by atoms with Gasteiger partial charge < -0.3 is 4.98 Å². The second-order valence-electron chi connectivity index (χ2n) is 1.77. The van der Waals surface area contributed by atoms with Crippen LogP contribution in [0.4, 0.5) is 0 Å². The van der Waals surface area contributed by atoms with Gasteiger partial charge in [-0.3, -0.25) is 11.3 Å². The third-order valence-electron chi connectivity index (χ3n) is 1.19. The Morgan fingerprint density at radius 3 is 2.90 bits per heavy atom. The van der Waals surface area contributed by atoms with Crippen LogP contribution in [0.25, 0.3) is 10.2 Å². The Bertz CT molecular complexity index is 288. The molecule has 10 heavy (non-hydrogen) atoms. The molecule has 0 aliphatic rings. The van der Waals surface area contributed by atoms with E-state index in [0.717, 1.165) is 5.52 Å². The van der Waals surface area contributed by atoms with Crippen molar-refractivity contribution >= 4 is 21.6 Å². The van der Waals surface area contributed by atoms with Gasteiger partial charge in [0.1, 0.15) is 0 Å². The van der Waals surface area contributed by atoms with Crippen LogP contribution in [-0.4, -0.2) is 4.98 Å². The fourth-order valence-electron chi connectivity index (χ4n) is 0.757. The van der Waals surface area contributed by atoms with Crippen LogP contribution < -0.4 is 0 Å². The van der Waals surface area contributed by atoms with E-state index in [2.05, 4.69) is 10.5 Å². The molecule has 54 valence electrons. The summed E-state index contributed by atoms with van der Waals surface area (Å²) in [5, 5.41) is 0. The summed E-state index contributed by atoms with van der Waals surface area (Å²) < 4.78 is 1.21. The van der Waals surface area contributed by atoms with Crippen LogP contribution in [-0.2, 0) is 22.4 Å². The van der Waals surface area contributed by atoms with Crippen LogP contribution in [0, 0.1) is 5.51 Å². The van der Waals surface area contributed by atoms with Gasteiger partial charge in [-0.1, -0.05) is 17.6 Å². The molecule has 0 saturated carbocycles. The smallest absolute Gasteiger partial charge is 0.386 e. The number of hydrogen-bond donors (Lipinski definition) is 0. The molecule has 1 aromatic carbocycles. The summed E-state index contributed by atoms with van der Waals surface area (Å²) in [5.41, 5.74) is 3.87. The normalized spacial score (nSPS) is 9.20. The van der Waals surface area contributed by atoms with Crippen molar-refractivity contribution in [2.75, 3.05) is 0 Å². The molecule has 0 aliphatic heterocycles. The van der Waals surface area contributed by atoms with Crippen molar-refractivity contribution in [3.63, 3.8) is 0 Å². The molecule has 3 heteroatoms. The van der Waals surface area contributed by atoms with Gasteiger partial charge in [0.25, 0.3) is 0 Å². The van der Waals surface area contributed by atoms with Crippen molar-refractivity contribution in [1.82, 2.24) is 4.98 Å². The first-order valence-electron chi connectivity index (χ1n) is 2.68. The van der Waals surface area contributed by atoms with E-state index in [4.69, 9.17) is 0 Å². The molecule has 0 unspecified atom stereocenters. The Hall–Kier alpha value is -0.150. The van der Waals surface area contributed by atoms with Crippen molar-refractivity contribution in [3.05, 3.63) is 29.8 Å². The average Bonchev–Trinajstić information content (AvgIpc) is 2.33. The van der Waals surface area contributed by atoms with Gasteiger partial charge in [-0.15, -0.1) is 16.8 Å². The van der Waals surface area contributed by atoms with Gasteiger partial charge in [0.2, 0.25) is 0 Å². The zero-order valence-corrected chi connectivity index (χ0v) is 7.27. The third-order valence-corrected chi connectivity index (χ3v) is 1.93. The van der Waals surface area contributed by atoms with E-state index in [1.54, 1.807) is 11.3 Å². The largest absolute Gasteiger partial charge is 1.00 e. The van der Waals surface area contributed by atoms with Gasteiger partial charge in [-0.25, -0.2) is 0 Å². The summed E-state index contributed by atoms with van der Waals surface area (Å²) in [4.78, 5) is 4.01. The van der Waals surface area contributed by atoms with Crippen LogP contribution in [0.15, 0.2) is 24.3 Å². The maximum atomic E-state index is 4.01. The van der Waals surface area contributed by atoms with Gasteiger partial charge in [0.15, 0.2) is 0 Å². The van der Waals surface area contributed by atoms with E-state index in [-0.39, 0.29) is 22.4 Å². The van der Waals surface area contributed by atoms with Crippen molar-refractivity contribution in [3.8, 4) is 0 Å². The summed E-state index contributed by atoms with van der Waals surface area (Å²) in [6.07, 6.45) is 0. The maximum Gasteiger partial charge on any atom is 1.00 e. The van der Waals surface area contributed by atoms with Gasteiger partial charge >= 0.3 is 22.4 Å². The van der Waals surface area contributed by atoms with Crippen LogP contribution in [0.1, 0.15) is 0 Å². The molecule has 0 bridgehead atoms. The van der Waals surface area contributed by atoms with Crippen LogP contribution in [0.3, 0.4) is 0 Å². The van der Waals surface area contributed by atoms with Crippen LogP contribution in [0.2, 0.25) is 0 Å². The summed E-state index contributed by atoms with van der Waals surface area (Å²) in [6, 6.07) is 8.02. The van der Waals surface area contributed by atoms with Gasteiger partial charge in [0.05, 0.1) is 0 Å². The molecular weight excluding hydrogens is 238 g/mol. The minimum Gasteiger partial charge on any atom is -0.386 e. The fraction of sp³-hybridized carbons (Fsp3) is 0. The molecule has 0 fully saturated rings. The summed E-state index contributed by atoms with van der Waals surface area (Å²) in [5.74, 6) is 0. The van der Waals surface area contributed by atoms with Crippen LogP contribution in [0.5, 0.6) is 0 Å². The summed E-state index contributed by atoms with van der Waals surface area (Å²) >= 11 is 1.55. The number of aromatic nitrogens is 1. The predicted molar refractivity (Wildman–Crippen MR) is 38.5 cm³/mol. The first-order valence-corrected chi connectivity index (χ1v) is 3.50. The zero-order valence-electron chi connectivity index (χ0n) is 4.97. The second-order valence-corrected chi connectivity index (χ2v) is 2.60. The topological polar surface area (TPSA) is 12.9 Å². The Kier molecular flexibility index (Phi) is 2.63. The first-order chi connectivity index (χ1) is 4.47. The molecule has 0 aliphatic carbocycles. The monoisotopic (exact) mass is 241 g/mol. The molecule has 0 N–H and O–H groups in total. The van der Waals surface area contributed by atoms with E-state index >= 15 is 0 Å². The van der Waals surface area contributed by atoms with E-state index in [9.17, 15) is 0 Å². The number of thiazole rings is 1. The predicted octanol–water partition coefficient (Wildman–Crippen LogP) is 2.09. The zero-order chi connectivity index (χ0) is 6.10. The van der Waals surface area contributed by atoms with Gasteiger partial charge in [0, 0.05) is 0 Å². The van der Waals surface area contributed by atoms with Crippen molar-refractivity contribution in [1.29, 1.82) is 0 Å². The van der Waals surface area contributed by atoms with E-state index in [0.29, 0.717) is 0 Å². The Morgan fingerprint density at radius 1 is 1.30 bits per heavy atom. The van der Waals surface area contributed by atoms with E-state index < -0.39 is 0 Å².